The van der Waals surface area contributed by atoms with E-state index in [4.69, 9.17) is 9.84 Å². The quantitative estimate of drug-likeness (QED) is 0.660. The average molecular weight is 231 g/mol. The summed E-state index contributed by atoms with van der Waals surface area (Å²) in [5, 5.41) is 18.1. The molecule has 0 saturated carbocycles. The molecule has 2 unspecified atom stereocenters. The third kappa shape index (κ3) is 4.92. The van der Waals surface area contributed by atoms with Gasteiger partial charge in [0.05, 0.1) is 18.6 Å². The van der Waals surface area contributed by atoms with E-state index in [1.807, 2.05) is 11.8 Å². The summed E-state index contributed by atoms with van der Waals surface area (Å²) in [6, 6.07) is 0. The molecule has 1 aliphatic heterocycles. The van der Waals surface area contributed by atoms with Gasteiger partial charge in [0.15, 0.2) is 0 Å². The minimum Gasteiger partial charge on any atom is -0.481 e. The lowest BCUT2D eigenvalue weighted by Gasteiger charge is -2.25. The van der Waals surface area contributed by atoms with Crippen LogP contribution < -0.4 is 0 Å². The number of carboxylic acid groups (broad SMARTS) is 1. The van der Waals surface area contributed by atoms with Crippen molar-refractivity contribution < 1.29 is 19.7 Å². The van der Waals surface area contributed by atoms with Crippen LogP contribution in [0.25, 0.3) is 0 Å². The van der Waals surface area contributed by atoms with Gasteiger partial charge in [-0.05, 0) is 19.4 Å². The van der Waals surface area contributed by atoms with Crippen molar-refractivity contribution in [3.8, 4) is 0 Å². The molecule has 0 amide bonds. The second-order valence-electron chi connectivity index (χ2n) is 4.24. The van der Waals surface area contributed by atoms with Crippen molar-refractivity contribution in [1.29, 1.82) is 0 Å². The Morgan fingerprint density at radius 3 is 2.88 bits per heavy atom. The second-order valence-corrected chi connectivity index (χ2v) is 4.24. The fourth-order valence-electron chi connectivity index (χ4n) is 1.97. The van der Waals surface area contributed by atoms with Crippen LogP contribution in [0.5, 0.6) is 0 Å². The van der Waals surface area contributed by atoms with Gasteiger partial charge in [-0.15, -0.1) is 0 Å². The molecule has 0 aromatic carbocycles. The van der Waals surface area contributed by atoms with Crippen molar-refractivity contribution in [1.82, 2.24) is 4.90 Å². The molecule has 0 bridgehead atoms. The zero-order valence-electron chi connectivity index (χ0n) is 9.76. The first-order chi connectivity index (χ1) is 7.61. The van der Waals surface area contributed by atoms with E-state index >= 15 is 0 Å². The summed E-state index contributed by atoms with van der Waals surface area (Å²) in [7, 11) is 0. The Kier molecular flexibility index (Phi) is 5.73. The minimum atomic E-state index is -0.958. The van der Waals surface area contributed by atoms with Crippen molar-refractivity contribution >= 4 is 5.97 Å². The third-order valence-corrected chi connectivity index (χ3v) is 2.81. The molecule has 1 heterocycles. The van der Waals surface area contributed by atoms with E-state index in [1.165, 1.54) is 0 Å². The highest BCUT2D eigenvalue weighted by Gasteiger charge is 2.20. The molecule has 0 aromatic rings. The largest absolute Gasteiger partial charge is 0.481 e. The molecule has 0 aromatic heterocycles. The Hall–Kier alpha value is -0.650. The number of carboxylic acids is 1. The second kappa shape index (κ2) is 6.83. The molecule has 1 rings (SSSR count). The Bertz CT molecular complexity index is 216. The summed E-state index contributed by atoms with van der Waals surface area (Å²) in [4.78, 5) is 12.5. The van der Waals surface area contributed by atoms with Crippen LogP contribution in [0.1, 0.15) is 26.2 Å². The van der Waals surface area contributed by atoms with E-state index in [9.17, 15) is 9.90 Å². The molecular formula is C11H21NO4. The highest BCUT2D eigenvalue weighted by molar-refractivity contribution is 5.67. The highest BCUT2D eigenvalue weighted by Crippen LogP contribution is 2.13. The molecule has 2 N–H and O–H groups in total. The molecule has 94 valence electrons. The van der Waals surface area contributed by atoms with Gasteiger partial charge in [0, 0.05) is 19.7 Å². The van der Waals surface area contributed by atoms with E-state index in [-0.39, 0.29) is 12.5 Å². The zero-order chi connectivity index (χ0) is 12.0. The number of ether oxygens (including phenoxy) is 1. The summed E-state index contributed by atoms with van der Waals surface area (Å²) in [5.74, 6) is -0.958. The first-order valence-corrected chi connectivity index (χ1v) is 5.85. The lowest BCUT2D eigenvalue weighted by molar-refractivity contribution is -0.139. The Morgan fingerprint density at radius 2 is 2.38 bits per heavy atom. The van der Waals surface area contributed by atoms with Gasteiger partial charge >= 0.3 is 5.97 Å². The van der Waals surface area contributed by atoms with Crippen molar-refractivity contribution in [2.45, 2.75) is 38.4 Å². The van der Waals surface area contributed by atoms with Gasteiger partial charge in [-0.25, -0.2) is 0 Å². The minimum absolute atomic E-state index is 0.192. The van der Waals surface area contributed by atoms with Crippen molar-refractivity contribution in [3.05, 3.63) is 0 Å². The fraction of sp³-hybridized carbons (Fsp3) is 0.909. The number of likely N-dealkylation sites (N-methyl/N-ethyl adjacent to an activating group) is 1. The summed E-state index contributed by atoms with van der Waals surface area (Å²) in [6.45, 7) is 4.81. The van der Waals surface area contributed by atoms with E-state index < -0.39 is 12.1 Å². The van der Waals surface area contributed by atoms with Gasteiger partial charge in [-0.2, -0.15) is 0 Å². The molecule has 1 fully saturated rings. The standard InChI is InChI=1S/C11H21NO4/c1-2-12(7-9(13)6-11(14)15)8-10-4-3-5-16-10/h9-10,13H,2-8H2,1H3,(H,14,15). The molecule has 0 spiro atoms. The van der Waals surface area contributed by atoms with Gasteiger partial charge in [-0.1, -0.05) is 6.92 Å². The number of rotatable bonds is 7. The van der Waals surface area contributed by atoms with Gasteiger partial charge in [-0.3, -0.25) is 9.69 Å². The molecule has 2 atom stereocenters. The van der Waals surface area contributed by atoms with Gasteiger partial charge in [0.25, 0.3) is 0 Å². The normalized spacial score (nSPS) is 22.6. The topological polar surface area (TPSA) is 70.0 Å². The van der Waals surface area contributed by atoms with Crippen LogP contribution in [0.4, 0.5) is 0 Å². The molecule has 1 saturated heterocycles. The van der Waals surface area contributed by atoms with Crippen LogP contribution in [-0.2, 0) is 9.53 Å². The predicted molar refractivity (Wildman–Crippen MR) is 59.3 cm³/mol. The summed E-state index contributed by atoms with van der Waals surface area (Å²) in [5.41, 5.74) is 0. The first kappa shape index (κ1) is 13.4. The maximum absolute atomic E-state index is 10.4. The SMILES string of the molecule is CCN(CC(O)CC(=O)O)CC1CCCO1. The van der Waals surface area contributed by atoms with E-state index in [0.717, 1.165) is 32.5 Å². The average Bonchev–Trinajstić information content (AvgIpc) is 2.68. The number of aliphatic hydroxyl groups is 1. The van der Waals surface area contributed by atoms with Crippen LogP contribution in [0.15, 0.2) is 0 Å². The van der Waals surface area contributed by atoms with Crippen LogP contribution >= 0.6 is 0 Å². The number of hydrogen-bond donors (Lipinski definition) is 2. The van der Waals surface area contributed by atoms with Crippen LogP contribution in [0.3, 0.4) is 0 Å². The number of carbonyl (C=O) groups is 1. The smallest absolute Gasteiger partial charge is 0.306 e. The monoisotopic (exact) mass is 231 g/mol. The number of aliphatic hydroxyl groups excluding tert-OH is 1. The molecule has 5 heteroatoms. The summed E-state index contributed by atoms with van der Waals surface area (Å²) >= 11 is 0. The Morgan fingerprint density at radius 1 is 1.62 bits per heavy atom. The lowest BCUT2D eigenvalue weighted by atomic mass is 10.2. The Labute approximate surface area is 96.0 Å². The van der Waals surface area contributed by atoms with Crippen molar-refractivity contribution in [2.24, 2.45) is 0 Å². The predicted octanol–water partition coefficient (Wildman–Crippen LogP) is 0.323. The summed E-state index contributed by atoms with van der Waals surface area (Å²) < 4.78 is 5.51. The maximum atomic E-state index is 10.4. The molecular weight excluding hydrogens is 210 g/mol. The molecule has 16 heavy (non-hydrogen) atoms. The van der Waals surface area contributed by atoms with Gasteiger partial charge in [0.1, 0.15) is 0 Å². The lowest BCUT2D eigenvalue weighted by Crippen LogP contribution is -2.38. The highest BCUT2D eigenvalue weighted by atomic mass is 16.5. The molecule has 0 aliphatic carbocycles. The maximum Gasteiger partial charge on any atom is 0.306 e. The third-order valence-electron chi connectivity index (χ3n) is 2.81. The number of hydrogen-bond acceptors (Lipinski definition) is 4. The van der Waals surface area contributed by atoms with E-state index in [0.29, 0.717) is 6.54 Å². The fourth-order valence-corrected chi connectivity index (χ4v) is 1.97. The first-order valence-electron chi connectivity index (χ1n) is 5.85. The zero-order valence-corrected chi connectivity index (χ0v) is 9.76. The van der Waals surface area contributed by atoms with Gasteiger partial charge < -0.3 is 14.9 Å². The van der Waals surface area contributed by atoms with Gasteiger partial charge in [0.2, 0.25) is 0 Å². The summed E-state index contributed by atoms with van der Waals surface area (Å²) in [6.07, 6.45) is 1.42. The number of aliphatic carboxylic acids is 1. The molecule has 0 radical (unpaired) electrons. The Balaban J connectivity index is 2.26. The van der Waals surface area contributed by atoms with Crippen LogP contribution in [0, 0.1) is 0 Å². The van der Waals surface area contributed by atoms with Crippen molar-refractivity contribution in [3.63, 3.8) is 0 Å². The molecule has 5 nitrogen and oxygen atoms in total. The van der Waals surface area contributed by atoms with Crippen molar-refractivity contribution in [2.75, 3.05) is 26.2 Å². The molecule has 1 aliphatic rings. The van der Waals surface area contributed by atoms with E-state index in [2.05, 4.69) is 0 Å². The number of nitrogens with zero attached hydrogens (tertiary/aromatic N) is 1. The van der Waals surface area contributed by atoms with Crippen LogP contribution in [0.2, 0.25) is 0 Å². The van der Waals surface area contributed by atoms with Crippen LogP contribution in [-0.4, -0.2) is 59.5 Å². The van der Waals surface area contributed by atoms with E-state index in [1.54, 1.807) is 0 Å².